The first-order valence-electron chi connectivity index (χ1n) is 6.30. The molecule has 5 heteroatoms. The van der Waals surface area contributed by atoms with Crippen molar-refractivity contribution in [1.29, 1.82) is 5.26 Å². The van der Waals surface area contributed by atoms with Gasteiger partial charge in [-0.3, -0.25) is 0 Å². The van der Waals surface area contributed by atoms with Crippen molar-refractivity contribution >= 4 is 11.0 Å². The molecule has 1 heterocycles. The molecular weight excluding hydrogens is 248 g/mol. The number of halogens is 2. The number of aryl methyl sites for hydroxylation is 1. The van der Waals surface area contributed by atoms with E-state index in [1.165, 1.54) is 0 Å². The molecule has 1 aromatic heterocycles. The third kappa shape index (κ3) is 2.58. The molecule has 0 spiro atoms. The lowest BCUT2D eigenvalue weighted by molar-refractivity contribution is 0.509. The van der Waals surface area contributed by atoms with Crippen LogP contribution in [0.4, 0.5) is 8.78 Å². The van der Waals surface area contributed by atoms with Crippen LogP contribution in [0.2, 0.25) is 0 Å². The molecule has 0 radical (unpaired) electrons. The summed E-state index contributed by atoms with van der Waals surface area (Å²) in [4.78, 5) is 4.34. The van der Waals surface area contributed by atoms with Crippen LogP contribution in [0.25, 0.3) is 11.0 Å². The minimum atomic E-state index is -0.895. The van der Waals surface area contributed by atoms with E-state index in [1.807, 2.05) is 11.5 Å². The molecule has 19 heavy (non-hydrogen) atoms. The Morgan fingerprint density at radius 1 is 1.37 bits per heavy atom. The molecule has 2 aromatic rings. The molecule has 0 aliphatic rings. The standard InChI is InChI=1S/C14H15F2N3/c1-3-4-14-18-12-5-10(15)11(16)6-13(12)19(14)8-9(2)7-17/h5-6,9H,3-4,8H2,1-2H3. The van der Waals surface area contributed by atoms with Gasteiger partial charge in [0.15, 0.2) is 11.6 Å². The van der Waals surface area contributed by atoms with Crippen molar-refractivity contribution in [3.63, 3.8) is 0 Å². The minimum absolute atomic E-state index is 0.207. The molecule has 0 amide bonds. The van der Waals surface area contributed by atoms with E-state index < -0.39 is 11.6 Å². The van der Waals surface area contributed by atoms with Gasteiger partial charge in [0.1, 0.15) is 5.82 Å². The van der Waals surface area contributed by atoms with Gasteiger partial charge in [0.2, 0.25) is 0 Å². The zero-order valence-electron chi connectivity index (χ0n) is 11.0. The number of benzene rings is 1. The van der Waals surface area contributed by atoms with Crippen LogP contribution in [0.1, 0.15) is 26.1 Å². The second kappa shape index (κ2) is 5.35. The van der Waals surface area contributed by atoms with Crippen molar-refractivity contribution < 1.29 is 8.78 Å². The summed E-state index contributed by atoms with van der Waals surface area (Å²) in [5.41, 5.74) is 0.983. The van der Waals surface area contributed by atoms with Crippen molar-refractivity contribution in [2.24, 2.45) is 5.92 Å². The minimum Gasteiger partial charge on any atom is -0.327 e. The maximum atomic E-state index is 13.4. The molecule has 0 bridgehead atoms. The van der Waals surface area contributed by atoms with E-state index in [-0.39, 0.29) is 5.92 Å². The molecule has 1 unspecified atom stereocenters. The van der Waals surface area contributed by atoms with E-state index in [9.17, 15) is 8.78 Å². The van der Waals surface area contributed by atoms with E-state index in [4.69, 9.17) is 5.26 Å². The first-order chi connectivity index (χ1) is 9.06. The van der Waals surface area contributed by atoms with Gasteiger partial charge in [-0.05, 0) is 13.3 Å². The van der Waals surface area contributed by atoms with Gasteiger partial charge in [0, 0.05) is 25.1 Å². The molecule has 0 saturated carbocycles. The van der Waals surface area contributed by atoms with Crippen LogP contribution in [0.3, 0.4) is 0 Å². The number of nitriles is 1. The third-order valence-corrected chi connectivity index (χ3v) is 3.02. The normalized spacial score (nSPS) is 12.6. The van der Waals surface area contributed by atoms with E-state index in [2.05, 4.69) is 11.1 Å². The Hall–Kier alpha value is -1.96. The van der Waals surface area contributed by atoms with Crippen LogP contribution in [-0.4, -0.2) is 9.55 Å². The Morgan fingerprint density at radius 2 is 2.05 bits per heavy atom. The number of hydrogen-bond donors (Lipinski definition) is 0. The first-order valence-corrected chi connectivity index (χ1v) is 6.30. The van der Waals surface area contributed by atoms with Crippen molar-refractivity contribution in [3.05, 3.63) is 29.6 Å². The van der Waals surface area contributed by atoms with Gasteiger partial charge < -0.3 is 4.57 Å². The van der Waals surface area contributed by atoms with Gasteiger partial charge in [-0.1, -0.05) is 6.92 Å². The lowest BCUT2D eigenvalue weighted by Crippen LogP contribution is -2.09. The molecule has 0 aliphatic carbocycles. The lowest BCUT2D eigenvalue weighted by atomic mass is 10.2. The van der Waals surface area contributed by atoms with E-state index in [0.717, 1.165) is 30.8 Å². The molecule has 100 valence electrons. The number of fused-ring (bicyclic) bond motifs is 1. The molecule has 3 nitrogen and oxygen atoms in total. The molecule has 0 aliphatic heterocycles. The maximum Gasteiger partial charge on any atom is 0.161 e. The van der Waals surface area contributed by atoms with E-state index in [0.29, 0.717) is 17.6 Å². The summed E-state index contributed by atoms with van der Waals surface area (Å²) >= 11 is 0. The average molecular weight is 263 g/mol. The molecule has 1 atom stereocenters. The number of imidazole rings is 1. The van der Waals surface area contributed by atoms with Crippen LogP contribution in [0.5, 0.6) is 0 Å². The number of rotatable bonds is 4. The van der Waals surface area contributed by atoms with Crippen molar-refractivity contribution in [2.45, 2.75) is 33.2 Å². The Labute approximate surface area is 110 Å². The number of nitrogens with zero attached hydrogens (tertiary/aromatic N) is 3. The highest BCUT2D eigenvalue weighted by Gasteiger charge is 2.15. The molecule has 2 rings (SSSR count). The summed E-state index contributed by atoms with van der Waals surface area (Å²) < 4.78 is 28.4. The Bertz CT molecular complexity index is 640. The topological polar surface area (TPSA) is 41.6 Å². The molecule has 0 fully saturated rings. The second-order valence-corrected chi connectivity index (χ2v) is 4.67. The van der Waals surface area contributed by atoms with Crippen LogP contribution >= 0.6 is 0 Å². The van der Waals surface area contributed by atoms with Gasteiger partial charge in [-0.25, -0.2) is 13.8 Å². The summed E-state index contributed by atoms with van der Waals surface area (Å²) in [6.07, 6.45) is 1.60. The largest absolute Gasteiger partial charge is 0.327 e. The van der Waals surface area contributed by atoms with Crippen LogP contribution in [-0.2, 0) is 13.0 Å². The zero-order chi connectivity index (χ0) is 14.0. The first kappa shape index (κ1) is 13.5. The highest BCUT2D eigenvalue weighted by Crippen LogP contribution is 2.22. The van der Waals surface area contributed by atoms with Gasteiger partial charge in [0.25, 0.3) is 0 Å². The molecular formula is C14H15F2N3. The third-order valence-electron chi connectivity index (χ3n) is 3.02. The zero-order valence-corrected chi connectivity index (χ0v) is 11.0. The average Bonchev–Trinajstić information content (AvgIpc) is 2.68. The second-order valence-electron chi connectivity index (χ2n) is 4.67. The van der Waals surface area contributed by atoms with E-state index >= 15 is 0 Å². The predicted octanol–water partition coefficient (Wildman–Crippen LogP) is 3.43. The highest BCUT2D eigenvalue weighted by atomic mass is 19.2. The fourth-order valence-corrected chi connectivity index (χ4v) is 2.10. The summed E-state index contributed by atoms with van der Waals surface area (Å²) in [6, 6.07) is 4.41. The van der Waals surface area contributed by atoms with Gasteiger partial charge in [-0.15, -0.1) is 0 Å². The summed E-state index contributed by atoms with van der Waals surface area (Å²) in [6.45, 7) is 4.24. The summed E-state index contributed by atoms with van der Waals surface area (Å²) in [5.74, 6) is -1.22. The van der Waals surface area contributed by atoms with Crippen LogP contribution in [0.15, 0.2) is 12.1 Å². The Morgan fingerprint density at radius 3 is 2.68 bits per heavy atom. The Balaban J connectivity index is 2.59. The smallest absolute Gasteiger partial charge is 0.161 e. The van der Waals surface area contributed by atoms with Crippen LogP contribution < -0.4 is 0 Å². The Kier molecular flexibility index (Phi) is 3.79. The predicted molar refractivity (Wildman–Crippen MR) is 68.4 cm³/mol. The van der Waals surface area contributed by atoms with Crippen LogP contribution in [0, 0.1) is 28.9 Å². The number of hydrogen-bond acceptors (Lipinski definition) is 2. The molecule has 1 aromatic carbocycles. The quantitative estimate of drug-likeness (QED) is 0.848. The summed E-state index contributed by atoms with van der Waals surface area (Å²) in [5, 5.41) is 8.91. The van der Waals surface area contributed by atoms with E-state index in [1.54, 1.807) is 6.92 Å². The fraction of sp³-hybridized carbons (Fsp3) is 0.429. The molecule has 0 saturated heterocycles. The monoisotopic (exact) mass is 263 g/mol. The SMILES string of the molecule is CCCc1nc2cc(F)c(F)cc2n1CC(C)C#N. The number of aromatic nitrogens is 2. The van der Waals surface area contributed by atoms with Crippen molar-refractivity contribution in [1.82, 2.24) is 9.55 Å². The van der Waals surface area contributed by atoms with Gasteiger partial charge in [-0.2, -0.15) is 5.26 Å². The van der Waals surface area contributed by atoms with Gasteiger partial charge in [0.05, 0.1) is 23.0 Å². The van der Waals surface area contributed by atoms with Crippen molar-refractivity contribution in [2.75, 3.05) is 0 Å². The molecule has 0 N–H and O–H groups in total. The summed E-state index contributed by atoms with van der Waals surface area (Å²) in [7, 11) is 0. The lowest BCUT2D eigenvalue weighted by Gasteiger charge is -2.09. The fourth-order valence-electron chi connectivity index (χ4n) is 2.10. The van der Waals surface area contributed by atoms with Gasteiger partial charge >= 0.3 is 0 Å². The van der Waals surface area contributed by atoms with Crippen molar-refractivity contribution in [3.8, 4) is 6.07 Å². The highest BCUT2D eigenvalue weighted by molar-refractivity contribution is 5.76. The maximum absolute atomic E-state index is 13.4.